The molecule has 1 N–H and O–H groups in total. The van der Waals surface area contributed by atoms with E-state index in [1.165, 1.54) is 0 Å². The summed E-state index contributed by atoms with van der Waals surface area (Å²) in [5.41, 5.74) is 3.41. The fourth-order valence-electron chi connectivity index (χ4n) is 2.18. The Bertz CT molecular complexity index is 561. The van der Waals surface area contributed by atoms with Crippen LogP contribution < -0.4 is 5.32 Å². The molecule has 0 amide bonds. The van der Waals surface area contributed by atoms with Crippen molar-refractivity contribution >= 4 is 0 Å². The molecule has 0 bridgehead atoms. The van der Waals surface area contributed by atoms with Crippen molar-refractivity contribution in [2.24, 2.45) is 7.05 Å². The maximum Gasteiger partial charge on any atom is 0.131 e. The van der Waals surface area contributed by atoms with Crippen molar-refractivity contribution in [1.82, 2.24) is 15.1 Å². The molecule has 0 aliphatic heterocycles. The van der Waals surface area contributed by atoms with Gasteiger partial charge in [-0.2, -0.15) is 5.10 Å². The van der Waals surface area contributed by atoms with Crippen LogP contribution in [0.1, 0.15) is 25.1 Å². The van der Waals surface area contributed by atoms with E-state index in [1.54, 1.807) is 10.7 Å². The molecule has 4 heteroatoms. The van der Waals surface area contributed by atoms with Gasteiger partial charge in [0.15, 0.2) is 0 Å². The third kappa shape index (κ3) is 3.01. The van der Waals surface area contributed by atoms with Gasteiger partial charge in [0.2, 0.25) is 0 Å². The molecule has 0 atom stereocenters. The number of rotatable bonds is 5. The van der Waals surface area contributed by atoms with Gasteiger partial charge in [-0.3, -0.25) is 4.68 Å². The first kappa shape index (κ1) is 13.7. The number of aromatic nitrogens is 2. The summed E-state index contributed by atoms with van der Waals surface area (Å²) < 4.78 is 16.0. The molecule has 19 heavy (non-hydrogen) atoms. The van der Waals surface area contributed by atoms with Crippen LogP contribution in [0.25, 0.3) is 11.1 Å². The molecule has 0 saturated carbocycles. The van der Waals surface area contributed by atoms with Gasteiger partial charge in [0.25, 0.3) is 0 Å². The first-order chi connectivity index (χ1) is 9.15. The lowest BCUT2D eigenvalue weighted by atomic mass is 10.0. The standard InChI is InChI=1S/C15H20FN3/c1-4-15-13(10-19(3)18-15)12-7-6-11(8-14(12)16)9-17-5-2/h6-8,10,17H,4-5,9H2,1-3H3. The van der Waals surface area contributed by atoms with E-state index in [-0.39, 0.29) is 5.82 Å². The number of hydrogen-bond donors (Lipinski definition) is 1. The molecule has 0 aliphatic rings. The Morgan fingerprint density at radius 1 is 1.26 bits per heavy atom. The minimum Gasteiger partial charge on any atom is -0.313 e. The molecule has 0 saturated heterocycles. The third-order valence-electron chi connectivity index (χ3n) is 3.14. The van der Waals surface area contributed by atoms with Gasteiger partial charge in [-0.15, -0.1) is 0 Å². The van der Waals surface area contributed by atoms with Crippen LogP contribution in [-0.4, -0.2) is 16.3 Å². The second-order valence-electron chi connectivity index (χ2n) is 4.61. The van der Waals surface area contributed by atoms with Gasteiger partial charge in [0.1, 0.15) is 5.82 Å². The third-order valence-corrected chi connectivity index (χ3v) is 3.14. The summed E-state index contributed by atoms with van der Waals surface area (Å²) in [5.74, 6) is -0.182. The zero-order chi connectivity index (χ0) is 13.8. The van der Waals surface area contributed by atoms with Gasteiger partial charge in [0.05, 0.1) is 5.69 Å². The van der Waals surface area contributed by atoms with E-state index >= 15 is 0 Å². The second kappa shape index (κ2) is 5.97. The van der Waals surface area contributed by atoms with Crippen molar-refractivity contribution in [2.75, 3.05) is 6.54 Å². The maximum absolute atomic E-state index is 14.2. The van der Waals surface area contributed by atoms with Gasteiger partial charge in [-0.1, -0.05) is 26.0 Å². The predicted octanol–water partition coefficient (Wildman–Crippen LogP) is 2.90. The molecule has 0 spiro atoms. The minimum absolute atomic E-state index is 0.182. The zero-order valence-electron chi connectivity index (χ0n) is 11.7. The fourth-order valence-corrected chi connectivity index (χ4v) is 2.18. The predicted molar refractivity (Wildman–Crippen MR) is 75.4 cm³/mol. The van der Waals surface area contributed by atoms with Gasteiger partial charge in [0, 0.05) is 30.9 Å². The van der Waals surface area contributed by atoms with E-state index in [9.17, 15) is 4.39 Å². The molecule has 102 valence electrons. The van der Waals surface area contributed by atoms with Crippen molar-refractivity contribution < 1.29 is 4.39 Å². The SMILES string of the molecule is CCNCc1ccc(-c2cn(C)nc2CC)c(F)c1. The smallest absolute Gasteiger partial charge is 0.131 e. The number of nitrogens with zero attached hydrogens (tertiary/aromatic N) is 2. The van der Waals surface area contributed by atoms with Crippen LogP contribution in [0.4, 0.5) is 4.39 Å². The lowest BCUT2D eigenvalue weighted by Crippen LogP contribution is -2.11. The molecule has 1 aromatic heterocycles. The summed E-state index contributed by atoms with van der Waals surface area (Å²) in [6, 6.07) is 5.41. The molecular weight excluding hydrogens is 241 g/mol. The van der Waals surface area contributed by atoms with Crippen molar-refractivity contribution in [3.05, 3.63) is 41.5 Å². The van der Waals surface area contributed by atoms with Crippen molar-refractivity contribution in [1.29, 1.82) is 0 Å². The lowest BCUT2D eigenvalue weighted by Gasteiger charge is -2.06. The van der Waals surface area contributed by atoms with Crippen molar-refractivity contribution in [3.63, 3.8) is 0 Å². The van der Waals surface area contributed by atoms with Gasteiger partial charge < -0.3 is 5.32 Å². The van der Waals surface area contributed by atoms with Crippen LogP contribution in [0.15, 0.2) is 24.4 Å². The lowest BCUT2D eigenvalue weighted by molar-refractivity contribution is 0.625. The average Bonchev–Trinajstić information content (AvgIpc) is 2.77. The van der Waals surface area contributed by atoms with E-state index in [2.05, 4.69) is 10.4 Å². The van der Waals surface area contributed by atoms with E-state index in [1.807, 2.05) is 39.2 Å². The largest absolute Gasteiger partial charge is 0.313 e. The van der Waals surface area contributed by atoms with Gasteiger partial charge >= 0.3 is 0 Å². The topological polar surface area (TPSA) is 29.9 Å². The Kier molecular flexibility index (Phi) is 4.32. The van der Waals surface area contributed by atoms with Crippen LogP contribution in [0.2, 0.25) is 0 Å². The Balaban J connectivity index is 2.34. The minimum atomic E-state index is -0.182. The van der Waals surface area contributed by atoms with Crippen LogP contribution in [0.3, 0.4) is 0 Å². The number of hydrogen-bond acceptors (Lipinski definition) is 2. The van der Waals surface area contributed by atoms with Gasteiger partial charge in [-0.05, 0) is 24.6 Å². The molecule has 0 unspecified atom stereocenters. The highest BCUT2D eigenvalue weighted by atomic mass is 19.1. The van der Waals surface area contributed by atoms with Crippen LogP contribution >= 0.6 is 0 Å². The molecule has 3 nitrogen and oxygen atoms in total. The quantitative estimate of drug-likeness (QED) is 0.897. The van der Waals surface area contributed by atoms with Crippen LogP contribution in [0, 0.1) is 5.82 Å². The number of halogens is 1. The van der Waals surface area contributed by atoms with E-state index in [4.69, 9.17) is 0 Å². The van der Waals surface area contributed by atoms with E-state index < -0.39 is 0 Å². The molecule has 1 heterocycles. The number of benzene rings is 1. The Morgan fingerprint density at radius 3 is 2.68 bits per heavy atom. The van der Waals surface area contributed by atoms with Gasteiger partial charge in [-0.25, -0.2) is 4.39 Å². The number of nitrogens with one attached hydrogen (secondary N) is 1. The summed E-state index contributed by atoms with van der Waals surface area (Å²) in [7, 11) is 1.86. The molecular formula is C15H20FN3. The molecule has 0 aliphatic carbocycles. The monoisotopic (exact) mass is 261 g/mol. The van der Waals surface area contributed by atoms with Crippen LogP contribution in [0.5, 0.6) is 0 Å². The summed E-state index contributed by atoms with van der Waals surface area (Å²) >= 11 is 0. The Morgan fingerprint density at radius 2 is 2.05 bits per heavy atom. The highest BCUT2D eigenvalue weighted by Crippen LogP contribution is 2.26. The molecule has 2 aromatic rings. The number of aryl methyl sites for hydroxylation is 2. The van der Waals surface area contributed by atoms with E-state index in [0.29, 0.717) is 12.1 Å². The van der Waals surface area contributed by atoms with Crippen molar-refractivity contribution in [2.45, 2.75) is 26.8 Å². The molecule has 1 aromatic carbocycles. The summed E-state index contributed by atoms with van der Waals surface area (Å²) in [4.78, 5) is 0. The average molecular weight is 261 g/mol. The normalized spacial score (nSPS) is 10.9. The zero-order valence-corrected chi connectivity index (χ0v) is 11.7. The van der Waals surface area contributed by atoms with Crippen LogP contribution in [-0.2, 0) is 20.0 Å². The summed E-state index contributed by atoms with van der Waals surface area (Å²) in [5, 5.41) is 7.55. The highest BCUT2D eigenvalue weighted by Gasteiger charge is 2.12. The molecule has 2 rings (SSSR count). The first-order valence-corrected chi connectivity index (χ1v) is 6.67. The maximum atomic E-state index is 14.2. The Hall–Kier alpha value is -1.68. The Labute approximate surface area is 113 Å². The first-order valence-electron chi connectivity index (χ1n) is 6.67. The van der Waals surface area contributed by atoms with E-state index in [0.717, 1.165) is 29.8 Å². The fraction of sp³-hybridized carbons (Fsp3) is 0.400. The molecule has 0 radical (unpaired) electrons. The summed E-state index contributed by atoms with van der Waals surface area (Å²) in [6.45, 7) is 5.64. The summed E-state index contributed by atoms with van der Waals surface area (Å²) in [6.07, 6.45) is 2.68. The second-order valence-corrected chi connectivity index (χ2v) is 4.61. The highest BCUT2D eigenvalue weighted by molar-refractivity contribution is 5.66. The van der Waals surface area contributed by atoms with Crippen molar-refractivity contribution in [3.8, 4) is 11.1 Å². The molecule has 0 fully saturated rings.